The Bertz CT molecular complexity index is 1260. The minimum absolute atomic E-state index is 0.125. The molecule has 0 bridgehead atoms. The molecule has 0 saturated heterocycles. The smallest absolute Gasteiger partial charge is 0.279 e. The maximum absolute atomic E-state index is 13.6. The molecule has 0 atom stereocenters. The minimum Gasteiger partial charge on any atom is -0.383 e. The summed E-state index contributed by atoms with van der Waals surface area (Å²) in [6.45, 7) is 3.29. The van der Waals surface area contributed by atoms with Crippen LogP contribution in [0.5, 0.6) is 0 Å². The number of unbranched alkanes of at least 4 members (excludes halogenated alkanes) is 1. The van der Waals surface area contributed by atoms with Crippen LogP contribution in [0.1, 0.15) is 30.1 Å². The molecule has 1 amide bonds. The van der Waals surface area contributed by atoms with Crippen molar-refractivity contribution in [1.82, 2.24) is 8.87 Å². The number of hydrogen-bond acceptors (Lipinski definition) is 5. The molecule has 0 spiro atoms. The van der Waals surface area contributed by atoms with Gasteiger partial charge in [0.15, 0.2) is 4.80 Å². The summed E-state index contributed by atoms with van der Waals surface area (Å²) in [6, 6.07) is 10.2. The Morgan fingerprint density at radius 3 is 2.59 bits per heavy atom. The molecule has 0 N–H and O–H groups in total. The number of methoxy groups -OCH3 is 1. The Kier molecular flexibility index (Phi) is 7.94. The molecule has 7 nitrogen and oxygen atoms in total. The normalized spacial score (nSPS) is 12.7. The maximum atomic E-state index is 13.6. The fourth-order valence-electron chi connectivity index (χ4n) is 3.13. The van der Waals surface area contributed by atoms with Crippen LogP contribution in [0.25, 0.3) is 10.2 Å². The van der Waals surface area contributed by atoms with Gasteiger partial charge in [0.05, 0.1) is 21.7 Å². The van der Waals surface area contributed by atoms with Gasteiger partial charge in [0, 0.05) is 32.8 Å². The highest BCUT2D eigenvalue weighted by Gasteiger charge is 2.20. The van der Waals surface area contributed by atoms with Crippen LogP contribution in [0.2, 0.25) is 0 Å². The Balaban J connectivity index is 1.92. The van der Waals surface area contributed by atoms with Gasteiger partial charge in [-0.15, -0.1) is 0 Å². The van der Waals surface area contributed by atoms with Crippen LogP contribution in [-0.4, -0.2) is 50.5 Å². The quantitative estimate of drug-likeness (QED) is 0.469. The number of carbonyl (C=O) groups excluding carboxylic acids is 1. The topological polar surface area (TPSA) is 81.0 Å². The zero-order chi connectivity index (χ0) is 23.3. The van der Waals surface area contributed by atoms with Crippen molar-refractivity contribution < 1.29 is 22.3 Å². The van der Waals surface area contributed by atoms with Gasteiger partial charge in [0.25, 0.3) is 5.91 Å². The molecule has 2 aromatic carbocycles. The van der Waals surface area contributed by atoms with Gasteiger partial charge in [-0.1, -0.05) is 24.7 Å². The van der Waals surface area contributed by atoms with E-state index in [0.29, 0.717) is 29.2 Å². The molecule has 0 saturated carbocycles. The third-order valence-electron chi connectivity index (χ3n) is 5.00. The molecule has 0 radical (unpaired) electrons. The second-order valence-electron chi connectivity index (χ2n) is 7.26. The number of sulfonamides is 1. The first-order valence-corrected chi connectivity index (χ1v) is 12.5. The van der Waals surface area contributed by atoms with E-state index in [1.165, 1.54) is 52.0 Å². The maximum Gasteiger partial charge on any atom is 0.279 e. The van der Waals surface area contributed by atoms with Gasteiger partial charge in [-0.05, 0) is 48.9 Å². The summed E-state index contributed by atoms with van der Waals surface area (Å²) in [5, 5.41) is 0. The molecule has 10 heteroatoms. The van der Waals surface area contributed by atoms with Crippen LogP contribution in [0.3, 0.4) is 0 Å². The van der Waals surface area contributed by atoms with E-state index in [0.717, 1.165) is 18.4 Å². The molecule has 3 rings (SSSR count). The number of aromatic nitrogens is 1. The van der Waals surface area contributed by atoms with Crippen LogP contribution in [0, 0.1) is 5.82 Å². The van der Waals surface area contributed by atoms with Crippen molar-refractivity contribution in [2.24, 2.45) is 4.99 Å². The highest BCUT2D eigenvalue weighted by atomic mass is 32.2. The Morgan fingerprint density at radius 2 is 1.94 bits per heavy atom. The number of rotatable bonds is 9. The average molecular weight is 480 g/mol. The first kappa shape index (κ1) is 24.2. The molecule has 3 aromatic rings. The number of fused-ring (bicyclic) bond motifs is 1. The standard InChI is InChI=1S/C22H26FN3O4S2/c1-4-5-12-25(2)32(28,29)18-9-6-16(7-10-18)21(27)24-22-26(13-14-30-3)19-11-8-17(23)15-20(19)31-22/h6-11,15H,4-5,12-14H2,1-3H3. The molecule has 0 aliphatic rings. The molecular formula is C22H26FN3O4S2. The van der Waals surface area contributed by atoms with Crippen LogP contribution in [-0.2, 0) is 21.3 Å². The summed E-state index contributed by atoms with van der Waals surface area (Å²) >= 11 is 1.21. The van der Waals surface area contributed by atoms with Crippen molar-refractivity contribution in [3.63, 3.8) is 0 Å². The third-order valence-corrected chi connectivity index (χ3v) is 7.91. The van der Waals surface area contributed by atoms with E-state index in [4.69, 9.17) is 4.74 Å². The zero-order valence-corrected chi connectivity index (χ0v) is 19.9. The van der Waals surface area contributed by atoms with Crippen molar-refractivity contribution in [2.45, 2.75) is 31.2 Å². The first-order chi connectivity index (χ1) is 15.3. The number of benzene rings is 2. The largest absolute Gasteiger partial charge is 0.383 e. The zero-order valence-electron chi connectivity index (χ0n) is 18.2. The molecular weight excluding hydrogens is 453 g/mol. The molecule has 172 valence electrons. The molecule has 0 unspecified atom stereocenters. The van der Waals surface area contributed by atoms with Crippen molar-refractivity contribution in [3.8, 4) is 0 Å². The van der Waals surface area contributed by atoms with Gasteiger partial charge >= 0.3 is 0 Å². The van der Waals surface area contributed by atoms with Gasteiger partial charge in [-0.3, -0.25) is 4.79 Å². The SMILES string of the molecule is CCCCN(C)S(=O)(=O)c1ccc(C(=O)N=c2sc3cc(F)ccc3n2CCOC)cc1. The lowest BCUT2D eigenvalue weighted by molar-refractivity contribution is 0.0997. The van der Waals surface area contributed by atoms with E-state index >= 15 is 0 Å². The molecule has 0 aliphatic carbocycles. The van der Waals surface area contributed by atoms with Crippen molar-refractivity contribution in [1.29, 1.82) is 0 Å². The van der Waals surface area contributed by atoms with E-state index in [-0.39, 0.29) is 16.3 Å². The average Bonchev–Trinajstić information content (AvgIpc) is 3.11. The van der Waals surface area contributed by atoms with Gasteiger partial charge < -0.3 is 9.30 Å². The molecule has 1 aromatic heterocycles. The first-order valence-electron chi connectivity index (χ1n) is 10.2. The third kappa shape index (κ3) is 5.32. The lowest BCUT2D eigenvalue weighted by Gasteiger charge is -2.16. The summed E-state index contributed by atoms with van der Waals surface area (Å²) in [5.74, 6) is -0.872. The Hall–Kier alpha value is -2.40. The number of nitrogens with zero attached hydrogens (tertiary/aromatic N) is 3. The summed E-state index contributed by atoms with van der Waals surface area (Å²) < 4.78 is 47.9. The highest BCUT2D eigenvalue weighted by molar-refractivity contribution is 7.89. The Labute approximate surface area is 190 Å². The summed E-state index contributed by atoms with van der Waals surface area (Å²) in [7, 11) is -0.491. The van der Waals surface area contributed by atoms with E-state index in [1.807, 2.05) is 11.5 Å². The van der Waals surface area contributed by atoms with Crippen molar-refractivity contribution >= 4 is 37.5 Å². The number of halogens is 1. The number of thiazole rings is 1. The fraction of sp³-hybridized carbons (Fsp3) is 0.364. The van der Waals surface area contributed by atoms with Crippen molar-refractivity contribution in [2.75, 3.05) is 27.3 Å². The van der Waals surface area contributed by atoms with Crippen LogP contribution >= 0.6 is 11.3 Å². The second-order valence-corrected chi connectivity index (χ2v) is 10.3. The van der Waals surface area contributed by atoms with Gasteiger partial charge in [-0.25, -0.2) is 17.1 Å². The monoisotopic (exact) mass is 479 g/mol. The number of carbonyl (C=O) groups is 1. The number of hydrogen-bond donors (Lipinski definition) is 0. The lowest BCUT2D eigenvalue weighted by atomic mass is 10.2. The summed E-state index contributed by atoms with van der Waals surface area (Å²) in [4.78, 5) is 17.5. The van der Waals surface area contributed by atoms with E-state index in [1.54, 1.807) is 20.2 Å². The Morgan fingerprint density at radius 1 is 1.22 bits per heavy atom. The minimum atomic E-state index is -3.61. The fourth-order valence-corrected chi connectivity index (χ4v) is 5.42. The predicted octanol–water partition coefficient (Wildman–Crippen LogP) is 3.65. The van der Waals surface area contributed by atoms with E-state index in [2.05, 4.69) is 4.99 Å². The number of amides is 1. The van der Waals surface area contributed by atoms with Gasteiger partial charge in [0.1, 0.15) is 5.82 Å². The van der Waals surface area contributed by atoms with Crippen LogP contribution < -0.4 is 4.80 Å². The molecule has 0 fully saturated rings. The highest BCUT2D eigenvalue weighted by Crippen LogP contribution is 2.19. The molecule has 32 heavy (non-hydrogen) atoms. The van der Waals surface area contributed by atoms with Crippen molar-refractivity contribution in [3.05, 3.63) is 58.6 Å². The second kappa shape index (κ2) is 10.5. The lowest BCUT2D eigenvalue weighted by Crippen LogP contribution is -2.27. The molecule has 0 aliphatic heterocycles. The van der Waals surface area contributed by atoms with E-state index in [9.17, 15) is 17.6 Å². The van der Waals surface area contributed by atoms with E-state index < -0.39 is 15.9 Å². The van der Waals surface area contributed by atoms with Gasteiger partial charge in [0.2, 0.25) is 10.0 Å². The van der Waals surface area contributed by atoms with Gasteiger partial charge in [-0.2, -0.15) is 4.99 Å². The van der Waals surface area contributed by atoms with Crippen LogP contribution in [0.15, 0.2) is 52.4 Å². The predicted molar refractivity (Wildman–Crippen MR) is 123 cm³/mol. The van der Waals surface area contributed by atoms with Crippen LogP contribution in [0.4, 0.5) is 4.39 Å². The summed E-state index contributed by atoms with van der Waals surface area (Å²) in [6.07, 6.45) is 1.66. The number of ether oxygens (including phenoxy) is 1. The summed E-state index contributed by atoms with van der Waals surface area (Å²) in [5.41, 5.74) is 1.03. The molecule has 1 heterocycles.